The number of hydrogen-bond acceptors (Lipinski definition) is 8. The first-order chi connectivity index (χ1) is 14.5. The number of alkyl carbamates (subject to hydrolysis) is 2. The average molecular weight is 477 g/mol. The first kappa shape index (κ1) is 28.1. The first-order valence-electron chi connectivity index (χ1n) is 9.05. The molecule has 0 radical (unpaired) electrons. The van der Waals surface area contributed by atoms with Gasteiger partial charge in [-0.15, -0.1) is 0 Å². The number of amides is 2. The monoisotopic (exact) mass is 476 g/mol. The molecule has 0 atom stereocenters. The van der Waals surface area contributed by atoms with E-state index in [0.29, 0.717) is 0 Å². The van der Waals surface area contributed by atoms with Crippen molar-refractivity contribution in [3.8, 4) is 0 Å². The molecule has 0 unspecified atom stereocenters. The number of allylic oxidation sites excluding steroid dienone is 6. The number of carbonyl (C=O) groups is 2. The summed E-state index contributed by atoms with van der Waals surface area (Å²) >= 11 is 0. The molecule has 2 N–H and O–H groups in total. The number of rotatable bonds is 13. The molecule has 12 heteroatoms. The Morgan fingerprint density at radius 1 is 0.839 bits per heavy atom. The van der Waals surface area contributed by atoms with E-state index in [9.17, 15) is 26.4 Å². The van der Waals surface area contributed by atoms with E-state index in [1.54, 1.807) is 26.0 Å². The Morgan fingerprint density at radius 2 is 1.29 bits per heavy atom. The molecule has 174 valence electrons. The van der Waals surface area contributed by atoms with Crippen molar-refractivity contribution in [3.63, 3.8) is 0 Å². The van der Waals surface area contributed by atoms with Crippen molar-refractivity contribution in [2.45, 2.75) is 13.8 Å². The molecule has 10 nitrogen and oxygen atoms in total. The minimum absolute atomic E-state index is 0.00401. The van der Waals surface area contributed by atoms with E-state index in [1.165, 1.54) is 24.3 Å². The molecule has 0 fully saturated rings. The highest BCUT2D eigenvalue weighted by Gasteiger charge is 2.17. The summed E-state index contributed by atoms with van der Waals surface area (Å²) in [5.41, 5.74) is 0. The van der Waals surface area contributed by atoms with Gasteiger partial charge < -0.3 is 20.1 Å². The quantitative estimate of drug-likeness (QED) is 0.303. The lowest BCUT2D eigenvalue weighted by Gasteiger charge is -2.10. The molecule has 0 aromatic carbocycles. The van der Waals surface area contributed by atoms with Crippen LogP contribution in [-0.4, -0.2) is 60.4 Å². The van der Waals surface area contributed by atoms with Crippen LogP contribution in [0.15, 0.2) is 59.4 Å². The smallest absolute Gasteiger partial charge is 0.408 e. The van der Waals surface area contributed by atoms with Crippen LogP contribution in [0.1, 0.15) is 13.8 Å². The molecule has 0 saturated carbocycles. The van der Waals surface area contributed by atoms with E-state index in [0.717, 1.165) is 0 Å². The minimum Gasteiger partial charge on any atom is -0.448 e. The van der Waals surface area contributed by atoms with E-state index in [4.69, 9.17) is 9.47 Å². The molecule has 0 aliphatic rings. The molecule has 31 heavy (non-hydrogen) atoms. The standard InChI is InChI=1S/C19H28N2O8S2/c1-5-9-10-17(8-4)31(26,27)14-12-29-19(23)21-15-20-18(22)28-11-13-30(24,25)16(6-2)7-3/h5-10H,2,4,11-15H2,1,3H3,(H,20,22)(H,21,23)/b9-5-,16-7+,17-10+. The van der Waals surface area contributed by atoms with Gasteiger partial charge in [0.1, 0.15) is 13.2 Å². The van der Waals surface area contributed by atoms with Crippen LogP contribution in [0.5, 0.6) is 0 Å². The summed E-state index contributed by atoms with van der Waals surface area (Å²) in [5, 5.41) is 4.33. The zero-order valence-electron chi connectivity index (χ0n) is 17.5. The molecule has 0 heterocycles. The van der Waals surface area contributed by atoms with Crippen molar-refractivity contribution in [1.29, 1.82) is 0 Å². The fourth-order valence-electron chi connectivity index (χ4n) is 1.93. The summed E-state index contributed by atoms with van der Waals surface area (Å²) in [6, 6.07) is 0. The molecule has 0 aliphatic heterocycles. The zero-order valence-corrected chi connectivity index (χ0v) is 19.1. The molecular weight excluding hydrogens is 448 g/mol. The van der Waals surface area contributed by atoms with Crippen molar-refractivity contribution < 1.29 is 35.9 Å². The SMILES string of the molecule is C=C/C(=C\C)S(=O)(=O)CCOC(=O)NCNC(=O)OCCS(=O)(=O)/C(C=C)=C/C=C\C. The first-order valence-corrected chi connectivity index (χ1v) is 12.4. The van der Waals surface area contributed by atoms with Crippen molar-refractivity contribution in [2.75, 3.05) is 31.4 Å². The lowest BCUT2D eigenvalue weighted by atomic mass is 10.4. The summed E-state index contributed by atoms with van der Waals surface area (Å²) in [6.45, 7) is 8.93. The van der Waals surface area contributed by atoms with Gasteiger partial charge in [-0.1, -0.05) is 43.5 Å². The second-order valence-electron chi connectivity index (χ2n) is 5.63. The Labute approximate surface area is 183 Å². The lowest BCUT2D eigenvalue weighted by molar-refractivity contribution is 0.144. The predicted molar refractivity (Wildman–Crippen MR) is 118 cm³/mol. The molecule has 2 amide bonds. The Morgan fingerprint density at radius 3 is 1.68 bits per heavy atom. The van der Waals surface area contributed by atoms with Gasteiger partial charge in [0.15, 0.2) is 19.7 Å². The Kier molecular flexibility index (Phi) is 12.9. The number of carbonyl (C=O) groups excluding carboxylic acids is 2. The van der Waals surface area contributed by atoms with E-state index < -0.39 is 56.6 Å². The molecule has 0 aromatic heterocycles. The third-order valence-electron chi connectivity index (χ3n) is 3.49. The van der Waals surface area contributed by atoms with Crippen molar-refractivity contribution in [3.05, 3.63) is 59.4 Å². The topological polar surface area (TPSA) is 145 Å². The van der Waals surface area contributed by atoms with E-state index in [-0.39, 0.29) is 16.5 Å². The predicted octanol–water partition coefficient (Wildman–Crippen LogP) is 1.96. The van der Waals surface area contributed by atoms with Gasteiger partial charge in [-0.05, 0) is 19.9 Å². The van der Waals surface area contributed by atoms with Gasteiger partial charge in [0.05, 0.1) is 28.0 Å². The largest absolute Gasteiger partial charge is 0.448 e. The van der Waals surface area contributed by atoms with Crippen LogP contribution in [0.2, 0.25) is 0 Å². The van der Waals surface area contributed by atoms with Gasteiger partial charge >= 0.3 is 12.2 Å². The summed E-state index contributed by atoms with van der Waals surface area (Å²) in [4.78, 5) is 23.1. The number of sulfone groups is 2. The van der Waals surface area contributed by atoms with Gasteiger partial charge in [0.2, 0.25) is 0 Å². The number of ether oxygens (including phenoxy) is 2. The third-order valence-corrected chi connectivity index (χ3v) is 7.04. The summed E-state index contributed by atoms with van der Waals surface area (Å²) < 4.78 is 57.4. The van der Waals surface area contributed by atoms with Crippen LogP contribution in [-0.2, 0) is 29.1 Å². The van der Waals surface area contributed by atoms with Crippen molar-refractivity contribution in [2.24, 2.45) is 0 Å². The lowest BCUT2D eigenvalue weighted by Crippen LogP contribution is -2.38. The third kappa shape index (κ3) is 11.2. The maximum absolute atomic E-state index is 12.1. The summed E-state index contributed by atoms with van der Waals surface area (Å²) in [6.07, 6.45) is 6.41. The number of nitrogens with one attached hydrogen (secondary N) is 2. The van der Waals surface area contributed by atoms with Gasteiger partial charge in [0, 0.05) is 0 Å². The Hall–Kier alpha value is -2.86. The van der Waals surface area contributed by atoms with Crippen molar-refractivity contribution >= 4 is 31.9 Å². The molecule has 0 aliphatic carbocycles. The fraction of sp³-hybridized carbons (Fsp3) is 0.368. The summed E-state index contributed by atoms with van der Waals surface area (Å²) in [5.74, 6) is -0.871. The van der Waals surface area contributed by atoms with Gasteiger partial charge in [-0.25, -0.2) is 26.4 Å². The average Bonchev–Trinajstić information content (AvgIpc) is 2.68. The van der Waals surface area contributed by atoms with Crippen molar-refractivity contribution in [1.82, 2.24) is 10.6 Å². The van der Waals surface area contributed by atoms with Crippen LogP contribution in [0.4, 0.5) is 9.59 Å². The second kappa shape index (κ2) is 14.2. The van der Waals surface area contributed by atoms with Crippen LogP contribution < -0.4 is 10.6 Å². The van der Waals surface area contributed by atoms with Gasteiger partial charge in [0.25, 0.3) is 0 Å². The van der Waals surface area contributed by atoms with Crippen LogP contribution in [0.3, 0.4) is 0 Å². The molecule has 0 bridgehead atoms. The van der Waals surface area contributed by atoms with Crippen LogP contribution >= 0.6 is 0 Å². The number of hydrogen-bond donors (Lipinski definition) is 2. The molecule has 0 aromatic rings. The fourth-order valence-corrected chi connectivity index (χ4v) is 4.16. The van der Waals surface area contributed by atoms with Gasteiger partial charge in [-0.3, -0.25) is 0 Å². The Balaban J connectivity index is 4.26. The highest BCUT2D eigenvalue weighted by atomic mass is 32.2. The van der Waals surface area contributed by atoms with E-state index in [1.807, 2.05) is 0 Å². The molecule has 0 rings (SSSR count). The second-order valence-corrected chi connectivity index (χ2v) is 9.85. The van der Waals surface area contributed by atoms with E-state index in [2.05, 4.69) is 23.8 Å². The van der Waals surface area contributed by atoms with Crippen LogP contribution in [0.25, 0.3) is 0 Å². The summed E-state index contributed by atoms with van der Waals surface area (Å²) in [7, 11) is -7.27. The highest BCUT2D eigenvalue weighted by Crippen LogP contribution is 2.09. The van der Waals surface area contributed by atoms with Gasteiger partial charge in [-0.2, -0.15) is 0 Å². The molecule has 0 saturated heterocycles. The zero-order chi connectivity index (χ0) is 23.9. The highest BCUT2D eigenvalue weighted by molar-refractivity contribution is 7.95. The Bertz CT molecular complexity index is 945. The normalized spacial score (nSPS) is 12.8. The van der Waals surface area contributed by atoms with E-state index >= 15 is 0 Å². The minimum atomic E-state index is -3.67. The maximum atomic E-state index is 12.1. The van der Waals surface area contributed by atoms with Crippen LogP contribution in [0, 0.1) is 0 Å². The molecule has 0 spiro atoms. The maximum Gasteiger partial charge on any atom is 0.408 e. The molecular formula is C19H28N2O8S2.